The van der Waals surface area contributed by atoms with Crippen LogP contribution in [0.15, 0.2) is 47.0 Å². The Hall–Kier alpha value is -1.39. The number of hydrogen-bond acceptors (Lipinski definition) is 3. The van der Waals surface area contributed by atoms with Gasteiger partial charge in [0.1, 0.15) is 11.9 Å². The molecule has 1 N–H and O–H groups in total. The van der Waals surface area contributed by atoms with E-state index in [-0.39, 0.29) is 6.23 Å². The number of hydrogen-bond donors (Lipinski definition) is 1. The minimum Gasteiger partial charge on any atom is -0.364 e. The monoisotopic (exact) mass is 358 g/mol. The molecule has 3 rings (SSSR count). The normalized spacial score (nSPS) is 22.9. The predicted octanol–water partition coefficient (Wildman–Crippen LogP) is 2.70. The Morgan fingerprint density at radius 3 is 2.56 bits per heavy atom. The highest BCUT2D eigenvalue weighted by Crippen LogP contribution is 2.37. The van der Waals surface area contributed by atoms with Gasteiger partial charge >= 0.3 is 0 Å². The Balaban J connectivity index is 2.13. The molecule has 2 atom stereocenters. The van der Waals surface area contributed by atoms with E-state index in [4.69, 9.17) is 16.3 Å². The molecule has 0 spiro atoms. The van der Waals surface area contributed by atoms with Gasteiger partial charge in [-0.1, -0.05) is 49.7 Å². The van der Waals surface area contributed by atoms with Gasteiger partial charge in [-0.05, 0) is 66.7 Å². The fraction of sp³-hybridized carbons (Fsp3) is 0.429. The van der Waals surface area contributed by atoms with Crippen LogP contribution in [-0.4, -0.2) is 36.5 Å². The van der Waals surface area contributed by atoms with E-state index in [1.807, 2.05) is 13.8 Å². The van der Waals surface area contributed by atoms with Crippen molar-refractivity contribution in [2.75, 3.05) is 19.7 Å². The first kappa shape index (κ1) is 18.4. The number of halogens is 1. The molecular formula is C21H27ClN2O. The van der Waals surface area contributed by atoms with Crippen LogP contribution in [0, 0.1) is 0 Å². The lowest BCUT2D eigenvalue weighted by atomic mass is 9.92. The standard InChI is InChI=1S/C21H27ClN2O/c1-5-24(6-2)21(23-15(4)25-7-3)14-17-12-16-10-8-9-11-18(16)19(17)13-20(21)22/h8-15,23H,5-7H2,1-4H3. The van der Waals surface area contributed by atoms with Gasteiger partial charge in [-0.25, -0.2) is 0 Å². The maximum atomic E-state index is 6.89. The Bertz CT molecular complexity index is 823. The van der Waals surface area contributed by atoms with Crippen LogP contribution in [0.4, 0.5) is 0 Å². The number of fused-ring (bicyclic) bond motifs is 2. The first-order chi connectivity index (χ1) is 12.1. The first-order valence-corrected chi connectivity index (χ1v) is 9.49. The van der Waals surface area contributed by atoms with Crippen LogP contribution in [0.2, 0.25) is 0 Å². The molecule has 0 radical (unpaired) electrons. The Morgan fingerprint density at radius 1 is 1.16 bits per heavy atom. The molecule has 0 fully saturated rings. The van der Waals surface area contributed by atoms with Gasteiger partial charge in [0, 0.05) is 6.61 Å². The van der Waals surface area contributed by atoms with Crippen molar-refractivity contribution in [3.05, 3.63) is 57.5 Å². The van der Waals surface area contributed by atoms with Gasteiger partial charge in [0.2, 0.25) is 0 Å². The van der Waals surface area contributed by atoms with E-state index in [1.54, 1.807) is 0 Å². The zero-order valence-corrected chi connectivity index (χ0v) is 16.2. The molecule has 4 heteroatoms. The molecule has 0 aromatic heterocycles. The summed E-state index contributed by atoms with van der Waals surface area (Å²) in [4.78, 5) is 2.34. The third kappa shape index (κ3) is 3.22. The molecule has 0 bridgehead atoms. The Kier molecular flexibility index (Phi) is 5.49. The Labute approximate surface area is 155 Å². The highest BCUT2D eigenvalue weighted by Gasteiger charge is 2.41. The van der Waals surface area contributed by atoms with Crippen LogP contribution in [0.5, 0.6) is 0 Å². The zero-order valence-electron chi connectivity index (χ0n) is 15.5. The number of likely N-dealkylation sites (N-methyl/N-ethyl adjacent to an activating group) is 1. The lowest BCUT2D eigenvalue weighted by Gasteiger charge is -2.45. The predicted molar refractivity (Wildman–Crippen MR) is 105 cm³/mol. The molecule has 2 aliphatic carbocycles. The number of rotatable bonds is 7. The van der Waals surface area contributed by atoms with Gasteiger partial charge in [0.05, 0.1) is 5.03 Å². The number of benzene rings is 1. The summed E-state index contributed by atoms with van der Waals surface area (Å²) in [6.45, 7) is 10.8. The average Bonchev–Trinajstić information content (AvgIpc) is 2.94. The molecule has 0 saturated heterocycles. The van der Waals surface area contributed by atoms with E-state index in [9.17, 15) is 0 Å². The van der Waals surface area contributed by atoms with Crippen molar-refractivity contribution in [2.45, 2.75) is 39.6 Å². The van der Waals surface area contributed by atoms with Crippen molar-refractivity contribution in [2.24, 2.45) is 0 Å². The lowest BCUT2D eigenvalue weighted by molar-refractivity contribution is 0.00594. The molecule has 0 saturated carbocycles. The van der Waals surface area contributed by atoms with Crippen LogP contribution in [0.1, 0.15) is 27.7 Å². The largest absolute Gasteiger partial charge is 0.364 e. The Morgan fingerprint density at radius 2 is 1.88 bits per heavy atom. The van der Waals surface area contributed by atoms with E-state index >= 15 is 0 Å². The summed E-state index contributed by atoms with van der Waals surface area (Å²) < 4.78 is 5.76. The number of nitrogens with zero attached hydrogens (tertiary/aromatic N) is 1. The van der Waals surface area contributed by atoms with Crippen LogP contribution in [0.25, 0.3) is 11.6 Å². The molecule has 0 amide bonds. The molecule has 2 aliphatic rings. The third-order valence-corrected chi connectivity index (χ3v) is 5.37. The van der Waals surface area contributed by atoms with E-state index in [0.717, 1.165) is 18.1 Å². The second-order valence-electron chi connectivity index (χ2n) is 6.42. The van der Waals surface area contributed by atoms with Gasteiger partial charge in [0.15, 0.2) is 0 Å². The topological polar surface area (TPSA) is 24.5 Å². The van der Waals surface area contributed by atoms with Crippen LogP contribution in [0.3, 0.4) is 0 Å². The summed E-state index contributed by atoms with van der Waals surface area (Å²) in [6.07, 6.45) is 6.52. The van der Waals surface area contributed by atoms with Crippen molar-refractivity contribution in [1.82, 2.24) is 10.2 Å². The maximum Gasteiger partial charge on any atom is 0.130 e. The molecular weight excluding hydrogens is 332 g/mol. The van der Waals surface area contributed by atoms with E-state index in [1.165, 1.54) is 21.6 Å². The highest BCUT2D eigenvalue weighted by atomic mass is 35.5. The SMILES string of the molecule is CCOC(C)NC1(N(CC)CC)C=C2C=c3ccccc3=C2C=C1Cl. The molecule has 2 unspecified atom stereocenters. The summed E-state index contributed by atoms with van der Waals surface area (Å²) in [6, 6.07) is 8.46. The molecule has 3 nitrogen and oxygen atoms in total. The highest BCUT2D eigenvalue weighted by molar-refractivity contribution is 6.32. The maximum absolute atomic E-state index is 6.89. The second-order valence-corrected chi connectivity index (χ2v) is 6.82. The third-order valence-electron chi connectivity index (χ3n) is 4.97. The van der Waals surface area contributed by atoms with Gasteiger partial charge in [-0.15, -0.1) is 0 Å². The minimum absolute atomic E-state index is 0.102. The van der Waals surface area contributed by atoms with Crippen LogP contribution in [-0.2, 0) is 4.74 Å². The van der Waals surface area contributed by atoms with Gasteiger partial charge in [0.25, 0.3) is 0 Å². The second kappa shape index (κ2) is 7.46. The van der Waals surface area contributed by atoms with Gasteiger partial charge < -0.3 is 4.74 Å². The summed E-state index contributed by atoms with van der Waals surface area (Å²) in [5.41, 5.74) is 1.87. The van der Waals surface area contributed by atoms with Gasteiger partial charge in [-0.3, -0.25) is 10.2 Å². The fourth-order valence-electron chi connectivity index (χ4n) is 3.85. The number of nitrogens with one attached hydrogen (secondary N) is 1. The van der Waals surface area contributed by atoms with Crippen LogP contribution < -0.4 is 15.8 Å². The van der Waals surface area contributed by atoms with E-state index < -0.39 is 5.66 Å². The molecule has 1 aromatic carbocycles. The summed E-state index contributed by atoms with van der Waals surface area (Å²) in [7, 11) is 0. The average molecular weight is 359 g/mol. The first-order valence-electron chi connectivity index (χ1n) is 9.12. The molecule has 0 aliphatic heterocycles. The van der Waals surface area contributed by atoms with Crippen molar-refractivity contribution in [1.29, 1.82) is 0 Å². The summed E-state index contributed by atoms with van der Waals surface area (Å²) in [5, 5.41) is 6.90. The zero-order chi connectivity index (χ0) is 18.0. The molecule has 1 aromatic rings. The smallest absolute Gasteiger partial charge is 0.130 e. The summed E-state index contributed by atoms with van der Waals surface area (Å²) >= 11 is 6.89. The molecule has 134 valence electrons. The molecule has 25 heavy (non-hydrogen) atoms. The molecule has 0 heterocycles. The fourth-order valence-corrected chi connectivity index (χ4v) is 4.19. The van der Waals surface area contributed by atoms with Crippen molar-refractivity contribution in [3.8, 4) is 0 Å². The van der Waals surface area contributed by atoms with Gasteiger partial charge in [-0.2, -0.15) is 0 Å². The van der Waals surface area contributed by atoms with Crippen molar-refractivity contribution < 1.29 is 4.74 Å². The minimum atomic E-state index is -0.545. The van der Waals surface area contributed by atoms with Crippen LogP contribution >= 0.6 is 11.6 Å². The van der Waals surface area contributed by atoms with E-state index in [0.29, 0.717) is 6.61 Å². The quantitative estimate of drug-likeness (QED) is 0.758. The summed E-state index contributed by atoms with van der Waals surface area (Å²) in [5.74, 6) is 0. The van der Waals surface area contributed by atoms with Crippen molar-refractivity contribution in [3.63, 3.8) is 0 Å². The number of ether oxygens (including phenoxy) is 1. The van der Waals surface area contributed by atoms with E-state index in [2.05, 4.69) is 66.6 Å². The lowest BCUT2D eigenvalue weighted by Crippen LogP contribution is -2.61. The number of allylic oxidation sites excluding steroid dienone is 2. The van der Waals surface area contributed by atoms with Crippen molar-refractivity contribution >= 4 is 23.3 Å².